The topological polar surface area (TPSA) is 110 Å². The van der Waals surface area contributed by atoms with E-state index in [0.717, 1.165) is 38.8 Å². The number of nitrogens with one attached hydrogen (secondary N) is 1. The molecule has 0 aromatic carbocycles. The molecule has 0 bridgehead atoms. The minimum Gasteiger partial charge on any atom is -0.448 e. The van der Waals surface area contributed by atoms with Crippen LogP contribution in [0.3, 0.4) is 0 Å². The van der Waals surface area contributed by atoms with E-state index in [9.17, 15) is 14.9 Å². The molecule has 2 aliphatic carbocycles. The van der Waals surface area contributed by atoms with Gasteiger partial charge in [0, 0.05) is 44.8 Å². The van der Waals surface area contributed by atoms with Gasteiger partial charge in [0.2, 0.25) is 11.9 Å². The van der Waals surface area contributed by atoms with Crippen molar-refractivity contribution in [2.24, 2.45) is 10.9 Å². The van der Waals surface area contributed by atoms with Crippen LogP contribution in [0.5, 0.6) is 0 Å². The third-order valence-electron chi connectivity index (χ3n) is 9.14. The van der Waals surface area contributed by atoms with Gasteiger partial charge in [-0.3, -0.25) is 4.79 Å². The van der Waals surface area contributed by atoms with Gasteiger partial charge in [0.1, 0.15) is 5.54 Å². The van der Waals surface area contributed by atoms with Gasteiger partial charge in [-0.05, 0) is 52.4 Å². The molecule has 0 radical (unpaired) electrons. The Morgan fingerprint density at radius 1 is 1.03 bits per heavy atom. The fraction of sp³-hybridized carbons (Fsp3) is 0.862. The summed E-state index contributed by atoms with van der Waals surface area (Å²) < 4.78 is 10.7. The summed E-state index contributed by atoms with van der Waals surface area (Å²) in [5.74, 6) is 0.261. The number of piperidine rings is 1. The highest BCUT2D eigenvalue weighted by Gasteiger charge is 2.43. The van der Waals surface area contributed by atoms with Crippen LogP contribution in [-0.4, -0.2) is 103 Å². The lowest BCUT2D eigenvalue weighted by atomic mass is 9.81. The standard InChI is InChI=1S/C29H48N6O4/c1-3-35(27(31-28(37)39-4-2)34-18-20-38-21-19-34)25-13-9-8-12-24(25)26(36)32-29(22-30)14-16-33(17-15-29)23-10-6-5-7-11-23/h23-25H,3-21H2,1-2H3,(H,32,36). The molecule has 4 fully saturated rings. The first-order valence-electron chi connectivity index (χ1n) is 15.3. The summed E-state index contributed by atoms with van der Waals surface area (Å²) in [5.41, 5.74) is -0.812. The van der Waals surface area contributed by atoms with Gasteiger partial charge >= 0.3 is 6.09 Å². The zero-order valence-corrected chi connectivity index (χ0v) is 24.0. The molecule has 4 aliphatic rings. The van der Waals surface area contributed by atoms with Gasteiger partial charge in [-0.15, -0.1) is 4.99 Å². The van der Waals surface area contributed by atoms with Crippen molar-refractivity contribution in [2.75, 3.05) is 52.5 Å². The van der Waals surface area contributed by atoms with E-state index in [0.29, 0.717) is 57.7 Å². The van der Waals surface area contributed by atoms with Crippen LogP contribution in [0.25, 0.3) is 0 Å². The van der Waals surface area contributed by atoms with Crippen LogP contribution in [0.4, 0.5) is 4.79 Å². The van der Waals surface area contributed by atoms with E-state index in [1.165, 1.54) is 32.1 Å². The Labute approximate surface area is 234 Å². The maximum Gasteiger partial charge on any atom is 0.436 e. The molecule has 2 unspecified atom stereocenters. The Bertz CT molecular complexity index is 885. The van der Waals surface area contributed by atoms with E-state index >= 15 is 0 Å². The first kappa shape index (κ1) is 29.6. The normalized spacial score (nSPS) is 26.9. The molecule has 2 atom stereocenters. The molecule has 2 saturated heterocycles. The van der Waals surface area contributed by atoms with E-state index in [1.54, 1.807) is 6.92 Å². The molecule has 218 valence electrons. The van der Waals surface area contributed by atoms with Crippen LogP contribution >= 0.6 is 0 Å². The number of morpholine rings is 1. The third-order valence-corrected chi connectivity index (χ3v) is 9.14. The van der Waals surface area contributed by atoms with E-state index < -0.39 is 11.6 Å². The highest BCUT2D eigenvalue weighted by molar-refractivity contribution is 5.91. The fourth-order valence-electron chi connectivity index (χ4n) is 6.94. The second-order valence-corrected chi connectivity index (χ2v) is 11.5. The lowest BCUT2D eigenvalue weighted by molar-refractivity contribution is -0.130. The summed E-state index contributed by atoms with van der Waals surface area (Å²) in [5, 5.41) is 13.5. The van der Waals surface area contributed by atoms with Gasteiger partial charge in [0.05, 0.1) is 31.8 Å². The minimum atomic E-state index is -0.812. The summed E-state index contributed by atoms with van der Waals surface area (Å²) >= 11 is 0. The van der Waals surface area contributed by atoms with Gasteiger partial charge in [-0.2, -0.15) is 5.26 Å². The number of nitriles is 1. The quantitative estimate of drug-likeness (QED) is 0.400. The zero-order chi connectivity index (χ0) is 27.7. The Hall–Kier alpha value is -2.38. The number of carbonyl (C=O) groups excluding carboxylic acids is 2. The Morgan fingerprint density at radius 3 is 2.33 bits per heavy atom. The molecule has 2 saturated carbocycles. The number of aliphatic imine (C=N–C) groups is 1. The zero-order valence-electron chi connectivity index (χ0n) is 24.0. The first-order chi connectivity index (χ1) is 19.0. The van der Waals surface area contributed by atoms with Gasteiger partial charge in [0.25, 0.3) is 0 Å². The Morgan fingerprint density at radius 2 is 1.69 bits per heavy atom. The van der Waals surface area contributed by atoms with Crippen molar-refractivity contribution in [3.05, 3.63) is 0 Å². The van der Waals surface area contributed by atoms with Crippen LogP contribution in [-0.2, 0) is 14.3 Å². The minimum absolute atomic E-state index is 0.0386. The lowest BCUT2D eigenvalue weighted by Crippen LogP contribution is -2.60. The number of likely N-dealkylation sites (tertiary alicyclic amines) is 1. The molecule has 10 heteroatoms. The summed E-state index contributed by atoms with van der Waals surface area (Å²) in [6.07, 6.45) is 10.8. The van der Waals surface area contributed by atoms with E-state index in [1.807, 2.05) is 6.92 Å². The van der Waals surface area contributed by atoms with Crippen molar-refractivity contribution < 1.29 is 19.1 Å². The lowest BCUT2D eigenvalue weighted by Gasteiger charge is -2.45. The largest absolute Gasteiger partial charge is 0.448 e. The SMILES string of the molecule is CCOC(=O)N=C(N1CCOCC1)N(CC)C1CCCCC1C(=O)NC1(C#N)CCN(C2CCCCC2)CC1. The van der Waals surface area contributed by atoms with Crippen LogP contribution in [0.15, 0.2) is 4.99 Å². The molecule has 0 aromatic rings. The molecule has 0 spiro atoms. The van der Waals surface area contributed by atoms with E-state index in [4.69, 9.17) is 9.47 Å². The van der Waals surface area contributed by atoms with Gasteiger partial charge in [-0.1, -0.05) is 32.1 Å². The van der Waals surface area contributed by atoms with Gasteiger partial charge in [-0.25, -0.2) is 4.79 Å². The molecule has 4 rings (SSSR count). The predicted molar refractivity (Wildman–Crippen MR) is 149 cm³/mol. The number of ether oxygens (including phenoxy) is 2. The monoisotopic (exact) mass is 544 g/mol. The average molecular weight is 545 g/mol. The average Bonchev–Trinajstić information content (AvgIpc) is 2.98. The van der Waals surface area contributed by atoms with Crippen LogP contribution in [0.1, 0.15) is 84.5 Å². The Kier molecular flexibility index (Phi) is 10.9. The number of hydrogen-bond acceptors (Lipinski definition) is 6. The van der Waals surface area contributed by atoms with Crippen molar-refractivity contribution in [1.29, 1.82) is 5.26 Å². The van der Waals surface area contributed by atoms with Crippen molar-refractivity contribution in [3.63, 3.8) is 0 Å². The number of guanidine groups is 1. The molecule has 39 heavy (non-hydrogen) atoms. The van der Waals surface area contributed by atoms with Crippen molar-refractivity contribution in [3.8, 4) is 6.07 Å². The summed E-state index contributed by atoms with van der Waals surface area (Å²) in [4.78, 5) is 37.5. The van der Waals surface area contributed by atoms with Gasteiger partial charge in [0.15, 0.2) is 0 Å². The number of amides is 2. The molecule has 0 aromatic heterocycles. The highest BCUT2D eigenvalue weighted by Crippen LogP contribution is 2.33. The van der Waals surface area contributed by atoms with Crippen LogP contribution in [0, 0.1) is 17.2 Å². The van der Waals surface area contributed by atoms with Crippen LogP contribution in [0.2, 0.25) is 0 Å². The highest BCUT2D eigenvalue weighted by atomic mass is 16.5. The smallest absolute Gasteiger partial charge is 0.436 e. The summed E-state index contributed by atoms with van der Waals surface area (Å²) in [6, 6.07) is 3.03. The molecular formula is C29H48N6O4. The van der Waals surface area contributed by atoms with Crippen LogP contribution < -0.4 is 5.32 Å². The maximum atomic E-state index is 13.9. The second kappa shape index (κ2) is 14.3. The van der Waals surface area contributed by atoms with E-state index in [-0.39, 0.29) is 24.5 Å². The summed E-state index contributed by atoms with van der Waals surface area (Å²) in [6.45, 7) is 8.81. The number of carbonyl (C=O) groups is 2. The van der Waals surface area contributed by atoms with Crippen molar-refractivity contribution in [2.45, 2.75) is 102 Å². The predicted octanol–water partition coefficient (Wildman–Crippen LogP) is 3.52. The summed E-state index contributed by atoms with van der Waals surface area (Å²) in [7, 11) is 0. The molecular weight excluding hydrogens is 496 g/mol. The molecule has 2 heterocycles. The van der Waals surface area contributed by atoms with Crippen molar-refractivity contribution >= 4 is 18.0 Å². The molecule has 10 nitrogen and oxygen atoms in total. The second-order valence-electron chi connectivity index (χ2n) is 11.5. The maximum absolute atomic E-state index is 13.9. The number of nitrogens with zero attached hydrogens (tertiary/aromatic N) is 5. The Balaban J connectivity index is 1.48. The molecule has 1 N–H and O–H groups in total. The first-order valence-corrected chi connectivity index (χ1v) is 15.3. The number of rotatable bonds is 6. The molecule has 2 amide bonds. The van der Waals surface area contributed by atoms with E-state index in [2.05, 4.69) is 31.1 Å². The fourth-order valence-corrected chi connectivity index (χ4v) is 6.94. The number of hydrogen-bond donors (Lipinski definition) is 1. The molecule has 2 aliphatic heterocycles. The third kappa shape index (κ3) is 7.43. The van der Waals surface area contributed by atoms with Crippen molar-refractivity contribution in [1.82, 2.24) is 20.0 Å². The van der Waals surface area contributed by atoms with Gasteiger partial charge < -0.3 is 29.5 Å².